The Kier molecular flexibility index (Phi) is 5.07. The molecule has 4 rings (SSSR count). The Morgan fingerprint density at radius 2 is 1.96 bits per heavy atom. The van der Waals surface area contributed by atoms with Gasteiger partial charge in [-0.15, -0.1) is 11.8 Å². The number of fused-ring (bicyclic) bond motifs is 1. The minimum absolute atomic E-state index is 0.0846. The lowest BCUT2D eigenvalue weighted by molar-refractivity contribution is -0.128. The number of benzene rings is 2. The molecule has 1 saturated heterocycles. The van der Waals surface area contributed by atoms with Crippen molar-refractivity contribution in [2.24, 2.45) is 0 Å². The maximum absolute atomic E-state index is 12.5. The zero-order chi connectivity index (χ0) is 18.8. The third-order valence-corrected chi connectivity index (χ3v) is 6.26. The molecule has 1 aliphatic rings. The molecule has 2 aromatic carbocycles. The van der Waals surface area contributed by atoms with E-state index in [0.29, 0.717) is 5.75 Å². The zero-order valence-corrected chi connectivity index (χ0v) is 16.5. The Bertz CT molecular complexity index is 939. The molecular formula is C21H24N4OS. The Morgan fingerprint density at radius 3 is 2.70 bits per heavy atom. The van der Waals surface area contributed by atoms with E-state index in [1.54, 1.807) is 18.0 Å². The van der Waals surface area contributed by atoms with Crippen molar-refractivity contribution in [3.05, 3.63) is 60.7 Å². The van der Waals surface area contributed by atoms with Crippen LogP contribution in [-0.2, 0) is 11.3 Å². The van der Waals surface area contributed by atoms with Gasteiger partial charge in [-0.05, 0) is 23.4 Å². The monoisotopic (exact) mass is 380 g/mol. The standard InChI is InChI=1S/C21H24N4OS/c1-23(2)19-9-8-18(16-6-3-4-7-17(16)19)21-25(20(26)14-27-21)12-5-11-24-13-10-22-15-24/h3-4,6-10,13,15,21H,5,11-12,14H2,1-2H3. The quantitative estimate of drug-likeness (QED) is 0.653. The maximum atomic E-state index is 12.5. The first-order chi connectivity index (χ1) is 13.1. The molecule has 6 heteroatoms. The van der Waals surface area contributed by atoms with Crippen LogP contribution >= 0.6 is 11.8 Å². The van der Waals surface area contributed by atoms with Crippen LogP contribution in [0.3, 0.4) is 0 Å². The summed E-state index contributed by atoms with van der Waals surface area (Å²) < 4.78 is 2.06. The highest BCUT2D eigenvalue weighted by molar-refractivity contribution is 8.00. The number of aryl methyl sites for hydroxylation is 1. The number of carbonyl (C=O) groups is 1. The van der Waals surface area contributed by atoms with E-state index in [2.05, 4.69) is 64.9 Å². The molecule has 0 spiro atoms. The molecule has 1 unspecified atom stereocenters. The zero-order valence-electron chi connectivity index (χ0n) is 15.7. The number of carbonyl (C=O) groups excluding carboxylic acids is 1. The second-order valence-corrected chi connectivity index (χ2v) is 8.09. The molecule has 5 nitrogen and oxygen atoms in total. The van der Waals surface area contributed by atoms with Gasteiger partial charge in [-0.3, -0.25) is 4.79 Å². The minimum Gasteiger partial charge on any atom is -0.377 e. The lowest BCUT2D eigenvalue weighted by Gasteiger charge is -2.26. The normalized spacial score (nSPS) is 17.0. The van der Waals surface area contributed by atoms with Gasteiger partial charge < -0.3 is 14.4 Å². The highest BCUT2D eigenvalue weighted by Crippen LogP contribution is 2.43. The fourth-order valence-electron chi connectivity index (χ4n) is 3.71. The van der Waals surface area contributed by atoms with Crippen molar-refractivity contribution in [3.63, 3.8) is 0 Å². The van der Waals surface area contributed by atoms with E-state index >= 15 is 0 Å². The number of amides is 1. The van der Waals surface area contributed by atoms with Gasteiger partial charge in [0, 0.05) is 50.7 Å². The van der Waals surface area contributed by atoms with Crippen LogP contribution < -0.4 is 4.90 Å². The van der Waals surface area contributed by atoms with Crippen molar-refractivity contribution in [2.75, 3.05) is 31.3 Å². The third-order valence-electron chi connectivity index (χ3n) is 5.03. The fraction of sp³-hybridized carbons (Fsp3) is 0.333. The summed E-state index contributed by atoms with van der Waals surface area (Å²) in [5, 5.41) is 2.55. The van der Waals surface area contributed by atoms with Gasteiger partial charge in [0.25, 0.3) is 0 Å². The summed E-state index contributed by atoms with van der Waals surface area (Å²) in [5.74, 6) is 0.788. The van der Waals surface area contributed by atoms with E-state index in [9.17, 15) is 4.79 Å². The van der Waals surface area contributed by atoms with E-state index in [1.165, 1.54) is 22.0 Å². The molecule has 0 saturated carbocycles. The SMILES string of the molecule is CN(C)c1ccc(C2SCC(=O)N2CCCn2ccnc2)c2ccccc12. The molecule has 0 bridgehead atoms. The van der Waals surface area contributed by atoms with Crippen molar-refractivity contribution in [1.29, 1.82) is 0 Å². The number of thioether (sulfide) groups is 1. The Labute approximate surface area is 164 Å². The van der Waals surface area contributed by atoms with Crippen molar-refractivity contribution < 1.29 is 4.79 Å². The summed E-state index contributed by atoms with van der Waals surface area (Å²) in [4.78, 5) is 20.8. The van der Waals surface area contributed by atoms with Crippen LogP contribution in [0.25, 0.3) is 10.8 Å². The van der Waals surface area contributed by atoms with Gasteiger partial charge in [0.2, 0.25) is 5.91 Å². The van der Waals surface area contributed by atoms with E-state index in [0.717, 1.165) is 19.5 Å². The molecule has 3 aromatic rings. The first kappa shape index (κ1) is 17.9. The average molecular weight is 381 g/mol. The smallest absolute Gasteiger partial charge is 0.233 e. The second-order valence-electron chi connectivity index (χ2n) is 7.02. The number of nitrogens with zero attached hydrogens (tertiary/aromatic N) is 4. The highest BCUT2D eigenvalue weighted by atomic mass is 32.2. The van der Waals surface area contributed by atoms with Crippen molar-refractivity contribution in [3.8, 4) is 0 Å². The third kappa shape index (κ3) is 3.54. The van der Waals surface area contributed by atoms with Crippen LogP contribution in [0.2, 0.25) is 0 Å². The van der Waals surface area contributed by atoms with Crippen molar-refractivity contribution >= 4 is 34.1 Å². The number of hydrogen-bond acceptors (Lipinski definition) is 4. The van der Waals surface area contributed by atoms with E-state index < -0.39 is 0 Å². The summed E-state index contributed by atoms with van der Waals surface area (Å²) in [6.45, 7) is 1.64. The van der Waals surface area contributed by atoms with E-state index in [1.807, 2.05) is 17.4 Å². The maximum Gasteiger partial charge on any atom is 0.233 e. The molecule has 27 heavy (non-hydrogen) atoms. The number of hydrogen-bond donors (Lipinski definition) is 0. The van der Waals surface area contributed by atoms with Crippen LogP contribution in [0, 0.1) is 0 Å². The summed E-state index contributed by atoms with van der Waals surface area (Å²) >= 11 is 1.73. The molecule has 0 radical (unpaired) electrons. The van der Waals surface area contributed by atoms with Gasteiger partial charge in [0.15, 0.2) is 0 Å². The van der Waals surface area contributed by atoms with Crippen LogP contribution in [0.15, 0.2) is 55.1 Å². The number of anilines is 1. The van der Waals surface area contributed by atoms with Gasteiger partial charge >= 0.3 is 0 Å². The molecule has 0 aliphatic carbocycles. The first-order valence-electron chi connectivity index (χ1n) is 9.21. The van der Waals surface area contributed by atoms with Crippen molar-refractivity contribution in [2.45, 2.75) is 18.3 Å². The molecule has 1 aromatic heterocycles. The second kappa shape index (κ2) is 7.64. The van der Waals surface area contributed by atoms with Gasteiger partial charge in [0.05, 0.1) is 12.1 Å². The molecule has 140 valence electrons. The van der Waals surface area contributed by atoms with E-state index in [-0.39, 0.29) is 11.3 Å². The van der Waals surface area contributed by atoms with Crippen LogP contribution in [0.4, 0.5) is 5.69 Å². The molecule has 1 atom stereocenters. The molecule has 1 aliphatic heterocycles. The van der Waals surface area contributed by atoms with Crippen LogP contribution in [0.1, 0.15) is 17.4 Å². The average Bonchev–Trinajstić information content (AvgIpc) is 3.31. The summed E-state index contributed by atoms with van der Waals surface area (Å²) in [5.41, 5.74) is 2.44. The fourth-order valence-corrected chi connectivity index (χ4v) is 4.96. The molecule has 0 N–H and O–H groups in total. The first-order valence-corrected chi connectivity index (χ1v) is 10.3. The summed E-state index contributed by atoms with van der Waals surface area (Å²) in [6, 6.07) is 12.9. The molecule has 1 fully saturated rings. The number of rotatable bonds is 6. The Balaban J connectivity index is 1.61. The Hall–Kier alpha value is -2.47. The largest absolute Gasteiger partial charge is 0.377 e. The molecule has 1 amide bonds. The van der Waals surface area contributed by atoms with Gasteiger partial charge in [-0.2, -0.15) is 0 Å². The Morgan fingerprint density at radius 1 is 1.15 bits per heavy atom. The van der Waals surface area contributed by atoms with E-state index in [4.69, 9.17) is 0 Å². The number of imidazole rings is 1. The lowest BCUT2D eigenvalue weighted by atomic mass is 10.0. The lowest BCUT2D eigenvalue weighted by Crippen LogP contribution is -2.30. The van der Waals surface area contributed by atoms with Gasteiger partial charge in [-0.25, -0.2) is 4.98 Å². The predicted octanol–water partition coefficient (Wildman–Crippen LogP) is 3.77. The highest BCUT2D eigenvalue weighted by Gasteiger charge is 2.33. The topological polar surface area (TPSA) is 41.4 Å². The minimum atomic E-state index is 0.0846. The van der Waals surface area contributed by atoms with Crippen LogP contribution in [0.5, 0.6) is 0 Å². The van der Waals surface area contributed by atoms with Gasteiger partial charge in [-0.1, -0.05) is 30.3 Å². The molecule has 2 heterocycles. The van der Waals surface area contributed by atoms with Crippen molar-refractivity contribution in [1.82, 2.24) is 14.5 Å². The van der Waals surface area contributed by atoms with Gasteiger partial charge in [0.1, 0.15) is 5.37 Å². The summed E-state index contributed by atoms with van der Waals surface area (Å²) in [6.07, 6.45) is 6.50. The van der Waals surface area contributed by atoms with Crippen LogP contribution in [-0.4, -0.2) is 46.8 Å². The number of aromatic nitrogens is 2. The predicted molar refractivity (Wildman–Crippen MR) is 112 cm³/mol. The summed E-state index contributed by atoms with van der Waals surface area (Å²) in [7, 11) is 4.13. The molecular weight excluding hydrogens is 356 g/mol.